The van der Waals surface area contributed by atoms with Gasteiger partial charge in [0, 0.05) is 19.6 Å². The van der Waals surface area contributed by atoms with Gasteiger partial charge in [-0.3, -0.25) is 9.69 Å². The van der Waals surface area contributed by atoms with E-state index >= 15 is 0 Å². The second-order valence-corrected chi connectivity index (χ2v) is 5.35. The molecule has 3 N–H and O–H groups in total. The van der Waals surface area contributed by atoms with Gasteiger partial charge in [0.25, 0.3) is 0 Å². The third-order valence-corrected chi connectivity index (χ3v) is 3.70. The van der Waals surface area contributed by atoms with Crippen molar-refractivity contribution in [3.8, 4) is 0 Å². The maximum absolute atomic E-state index is 11.1. The Morgan fingerprint density at radius 3 is 2.78 bits per heavy atom. The predicted octanol–water partition coefficient (Wildman–Crippen LogP) is 1.29. The minimum atomic E-state index is -1.07. The van der Waals surface area contributed by atoms with E-state index in [1.54, 1.807) is 0 Å². The lowest BCUT2D eigenvalue weighted by atomic mass is 10.0. The van der Waals surface area contributed by atoms with Crippen molar-refractivity contribution in [2.24, 2.45) is 5.73 Å². The van der Waals surface area contributed by atoms with Crippen molar-refractivity contribution in [2.75, 3.05) is 13.1 Å². The van der Waals surface area contributed by atoms with Crippen LogP contribution in [-0.4, -0.2) is 34.6 Å². The zero-order chi connectivity index (χ0) is 13.3. The average molecular weight is 248 g/mol. The molecule has 1 fully saturated rings. The van der Waals surface area contributed by atoms with Gasteiger partial charge in [-0.1, -0.05) is 23.8 Å². The first-order chi connectivity index (χ1) is 8.40. The zero-order valence-corrected chi connectivity index (χ0v) is 10.9. The van der Waals surface area contributed by atoms with E-state index < -0.39 is 11.5 Å². The molecule has 1 aromatic rings. The fraction of sp³-hybridized carbons (Fsp3) is 0.500. The van der Waals surface area contributed by atoms with Gasteiger partial charge >= 0.3 is 5.97 Å². The summed E-state index contributed by atoms with van der Waals surface area (Å²) in [5.74, 6) is -0.898. The Bertz CT molecular complexity index is 473. The summed E-state index contributed by atoms with van der Waals surface area (Å²) in [4.78, 5) is 13.2. The van der Waals surface area contributed by atoms with E-state index in [9.17, 15) is 4.79 Å². The van der Waals surface area contributed by atoms with Crippen LogP contribution in [0.25, 0.3) is 0 Å². The maximum atomic E-state index is 11.1. The number of aliphatic carboxylic acids is 1. The van der Waals surface area contributed by atoms with Crippen LogP contribution in [0.15, 0.2) is 18.2 Å². The fourth-order valence-corrected chi connectivity index (χ4v) is 2.49. The highest BCUT2D eigenvalue weighted by atomic mass is 16.4. The van der Waals surface area contributed by atoms with Gasteiger partial charge in [0.1, 0.15) is 5.54 Å². The van der Waals surface area contributed by atoms with Gasteiger partial charge in [-0.05, 0) is 31.4 Å². The summed E-state index contributed by atoms with van der Waals surface area (Å²) in [7, 11) is 0. The largest absolute Gasteiger partial charge is 0.480 e. The molecule has 0 aromatic heterocycles. The van der Waals surface area contributed by atoms with E-state index in [0.29, 0.717) is 13.0 Å². The van der Waals surface area contributed by atoms with Crippen molar-refractivity contribution in [2.45, 2.75) is 32.4 Å². The summed E-state index contributed by atoms with van der Waals surface area (Å²) in [5.41, 5.74) is 8.54. The molecule has 1 aliphatic rings. The third kappa shape index (κ3) is 2.54. The van der Waals surface area contributed by atoms with Crippen molar-refractivity contribution >= 4 is 5.97 Å². The number of rotatable bonds is 3. The Hall–Kier alpha value is -1.39. The molecule has 1 aromatic carbocycles. The molecule has 4 nitrogen and oxygen atoms in total. The van der Waals surface area contributed by atoms with Crippen LogP contribution in [0.2, 0.25) is 0 Å². The van der Waals surface area contributed by atoms with Gasteiger partial charge in [-0.25, -0.2) is 0 Å². The molecule has 0 amide bonds. The van der Waals surface area contributed by atoms with Crippen LogP contribution in [0, 0.1) is 13.8 Å². The molecule has 1 aliphatic heterocycles. The first-order valence-electron chi connectivity index (χ1n) is 6.21. The van der Waals surface area contributed by atoms with E-state index in [0.717, 1.165) is 13.1 Å². The molecule has 98 valence electrons. The lowest BCUT2D eigenvalue weighted by Crippen LogP contribution is -2.50. The molecular weight excluding hydrogens is 228 g/mol. The molecule has 0 radical (unpaired) electrons. The number of carbonyl (C=O) groups is 1. The Morgan fingerprint density at radius 2 is 2.22 bits per heavy atom. The first kappa shape index (κ1) is 13.1. The van der Waals surface area contributed by atoms with Crippen LogP contribution in [0.5, 0.6) is 0 Å². The number of nitrogens with two attached hydrogens (primary N) is 1. The summed E-state index contributed by atoms with van der Waals surface area (Å²) < 4.78 is 0. The molecule has 0 saturated carbocycles. The lowest BCUT2D eigenvalue weighted by Gasteiger charge is -2.20. The smallest absolute Gasteiger partial charge is 0.325 e. The van der Waals surface area contributed by atoms with E-state index in [2.05, 4.69) is 36.9 Å². The molecular formula is C14H20N2O2. The standard InChI is InChI=1S/C14H20N2O2/c1-10-3-4-12(11(2)7-10)8-16-6-5-14(15,9-16)13(17)18/h3-4,7H,5-6,8-9,15H2,1-2H3,(H,17,18). The topological polar surface area (TPSA) is 66.6 Å². The molecule has 0 bridgehead atoms. The highest BCUT2D eigenvalue weighted by molar-refractivity contribution is 5.79. The number of aryl methyl sites for hydroxylation is 2. The predicted molar refractivity (Wildman–Crippen MR) is 70.4 cm³/mol. The summed E-state index contributed by atoms with van der Waals surface area (Å²) in [6, 6.07) is 6.35. The van der Waals surface area contributed by atoms with Crippen molar-refractivity contribution < 1.29 is 9.90 Å². The second kappa shape index (κ2) is 4.71. The van der Waals surface area contributed by atoms with Crippen molar-refractivity contribution in [1.82, 2.24) is 4.90 Å². The van der Waals surface area contributed by atoms with Crippen LogP contribution in [0.1, 0.15) is 23.1 Å². The Balaban J connectivity index is 2.06. The Labute approximate surface area is 107 Å². The summed E-state index contributed by atoms with van der Waals surface area (Å²) in [5, 5.41) is 9.10. The van der Waals surface area contributed by atoms with Gasteiger partial charge in [-0.15, -0.1) is 0 Å². The molecule has 1 atom stereocenters. The minimum absolute atomic E-state index is 0.426. The monoisotopic (exact) mass is 248 g/mol. The minimum Gasteiger partial charge on any atom is -0.480 e. The number of nitrogens with zero attached hydrogens (tertiary/aromatic N) is 1. The van der Waals surface area contributed by atoms with Gasteiger partial charge in [0.05, 0.1) is 0 Å². The molecule has 2 rings (SSSR count). The Kier molecular flexibility index (Phi) is 3.41. The highest BCUT2D eigenvalue weighted by Gasteiger charge is 2.41. The van der Waals surface area contributed by atoms with Gasteiger partial charge < -0.3 is 10.8 Å². The van der Waals surface area contributed by atoms with Crippen LogP contribution < -0.4 is 5.73 Å². The van der Waals surface area contributed by atoms with E-state index in [-0.39, 0.29) is 0 Å². The number of hydrogen-bond acceptors (Lipinski definition) is 3. The van der Waals surface area contributed by atoms with Crippen LogP contribution in [0.3, 0.4) is 0 Å². The van der Waals surface area contributed by atoms with Crippen LogP contribution in [-0.2, 0) is 11.3 Å². The SMILES string of the molecule is Cc1ccc(CN2CCC(N)(C(=O)O)C2)c(C)c1. The molecule has 4 heteroatoms. The second-order valence-electron chi connectivity index (χ2n) is 5.35. The molecule has 18 heavy (non-hydrogen) atoms. The molecule has 1 unspecified atom stereocenters. The highest BCUT2D eigenvalue weighted by Crippen LogP contribution is 2.22. The maximum Gasteiger partial charge on any atom is 0.325 e. The number of carboxylic acids is 1. The lowest BCUT2D eigenvalue weighted by molar-refractivity contribution is -0.142. The summed E-state index contributed by atoms with van der Waals surface area (Å²) in [6.07, 6.45) is 0.521. The summed E-state index contributed by atoms with van der Waals surface area (Å²) in [6.45, 7) is 6.11. The fourth-order valence-electron chi connectivity index (χ4n) is 2.49. The number of benzene rings is 1. The third-order valence-electron chi connectivity index (χ3n) is 3.70. The molecule has 0 spiro atoms. The van der Waals surface area contributed by atoms with Gasteiger partial charge in [-0.2, -0.15) is 0 Å². The zero-order valence-electron chi connectivity index (χ0n) is 10.9. The normalized spacial score (nSPS) is 24.4. The molecule has 1 heterocycles. The number of carboxylic acid groups (broad SMARTS) is 1. The van der Waals surface area contributed by atoms with Crippen LogP contribution >= 0.6 is 0 Å². The van der Waals surface area contributed by atoms with Crippen molar-refractivity contribution in [3.63, 3.8) is 0 Å². The van der Waals surface area contributed by atoms with Gasteiger partial charge in [0.2, 0.25) is 0 Å². The molecule has 0 aliphatic carbocycles. The van der Waals surface area contributed by atoms with E-state index in [4.69, 9.17) is 10.8 Å². The average Bonchev–Trinajstić information content (AvgIpc) is 2.66. The number of likely N-dealkylation sites (tertiary alicyclic amines) is 1. The van der Waals surface area contributed by atoms with Crippen molar-refractivity contribution in [1.29, 1.82) is 0 Å². The van der Waals surface area contributed by atoms with Gasteiger partial charge in [0.15, 0.2) is 0 Å². The summed E-state index contributed by atoms with van der Waals surface area (Å²) >= 11 is 0. The quantitative estimate of drug-likeness (QED) is 0.846. The van der Waals surface area contributed by atoms with E-state index in [1.807, 2.05) is 0 Å². The van der Waals surface area contributed by atoms with Crippen molar-refractivity contribution in [3.05, 3.63) is 34.9 Å². The van der Waals surface area contributed by atoms with Crippen LogP contribution in [0.4, 0.5) is 0 Å². The molecule has 1 saturated heterocycles. The Morgan fingerprint density at radius 1 is 1.50 bits per heavy atom. The van der Waals surface area contributed by atoms with E-state index in [1.165, 1.54) is 16.7 Å². The number of hydrogen-bond donors (Lipinski definition) is 2. The first-order valence-corrected chi connectivity index (χ1v) is 6.21.